The number of nitrogens with zero attached hydrogens (tertiary/aromatic N) is 1. The number of rotatable bonds is 5. The number of methoxy groups -OCH3 is 1. The standard InChI is InChI=1S/C16H17N2O2S/c1-20-15-9-5-6-13(12-15)10-11-17-16(19)18(21)14-7-3-2-4-8-14/h3-9,12,21H,10-11H2,1H3,(H,17,19). The van der Waals surface area contributed by atoms with Crippen LogP contribution in [0.3, 0.4) is 0 Å². The van der Waals surface area contributed by atoms with Crippen molar-refractivity contribution in [1.82, 2.24) is 5.32 Å². The number of urea groups is 1. The Morgan fingerprint density at radius 2 is 2.10 bits per heavy atom. The average Bonchev–Trinajstić information content (AvgIpc) is 2.55. The molecule has 2 rings (SSSR count). The maximum Gasteiger partial charge on any atom is 0.331 e. The fourth-order valence-corrected chi connectivity index (χ4v) is 2.06. The monoisotopic (exact) mass is 301 g/mol. The highest BCUT2D eigenvalue weighted by molar-refractivity contribution is 7.82. The molecular weight excluding hydrogens is 284 g/mol. The molecule has 2 amide bonds. The Kier molecular flexibility index (Phi) is 5.51. The van der Waals surface area contributed by atoms with Crippen LogP contribution in [-0.2, 0) is 6.42 Å². The highest BCUT2D eigenvalue weighted by atomic mass is 32.1. The molecular formula is C16H17N2O2S. The van der Waals surface area contributed by atoms with Crippen LogP contribution in [0.15, 0.2) is 48.5 Å². The highest BCUT2D eigenvalue weighted by Gasteiger charge is 2.10. The van der Waals surface area contributed by atoms with Gasteiger partial charge < -0.3 is 10.1 Å². The normalized spacial score (nSPS) is 10.0. The van der Waals surface area contributed by atoms with E-state index in [1.807, 2.05) is 24.3 Å². The predicted molar refractivity (Wildman–Crippen MR) is 86.8 cm³/mol. The van der Waals surface area contributed by atoms with Gasteiger partial charge in [0.1, 0.15) is 5.75 Å². The van der Waals surface area contributed by atoms with Crippen molar-refractivity contribution in [3.63, 3.8) is 0 Å². The first-order chi connectivity index (χ1) is 10.2. The first-order valence-electron chi connectivity index (χ1n) is 6.56. The number of carbonyl (C=O) groups is 1. The van der Waals surface area contributed by atoms with Crippen molar-refractivity contribution in [3.05, 3.63) is 60.2 Å². The van der Waals surface area contributed by atoms with Crippen molar-refractivity contribution in [2.24, 2.45) is 0 Å². The minimum atomic E-state index is -0.257. The fourth-order valence-electron chi connectivity index (χ4n) is 1.85. The topological polar surface area (TPSA) is 41.6 Å². The van der Waals surface area contributed by atoms with E-state index >= 15 is 0 Å². The molecule has 5 heteroatoms. The Morgan fingerprint density at radius 3 is 2.81 bits per heavy atom. The van der Waals surface area contributed by atoms with Gasteiger partial charge in [-0.15, -0.1) is 0 Å². The molecule has 1 radical (unpaired) electrons. The average molecular weight is 301 g/mol. The number of anilines is 1. The van der Waals surface area contributed by atoms with E-state index in [0.29, 0.717) is 12.2 Å². The third kappa shape index (κ3) is 4.43. The summed E-state index contributed by atoms with van der Waals surface area (Å²) in [6.07, 6.45) is 0.729. The fraction of sp³-hybridized carbons (Fsp3) is 0.188. The lowest BCUT2D eigenvalue weighted by molar-refractivity contribution is 0.250. The molecule has 0 bridgehead atoms. The van der Waals surface area contributed by atoms with E-state index in [4.69, 9.17) is 4.74 Å². The van der Waals surface area contributed by atoms with E-state index in [1.165, 1.54) is 4.31 Å². The Bertz CT molecular complexity index is 590. The van der Waals surface area contributed by atoms with Crippen LogP contribution < -0.4 is 14.4 Å². The summed E-state index contributed by atoms with van der Waals surface area (Å²) >= 11 is 4.19. The zero-order chi connectivity index (χ0) is 15.1. The number of ether oxygens (including phenoxy) is 1. The molecule has 0 fully saturated rings. The van der Waals surface area contributed by atoms with Gasteiger partial charge in [-0.25, -0.2) is 9.10 Å². The van der Waals surface area contributed by atoms with Crippen molar-refractivity contribution in [3.8, 4) is 5.75 Å². The quantitative estimate of drug-likeness (QED) is 0.833. The van der Waals surface area contributed by atoms with E-state index in [-0.39, 0.29) is 6.03 Å². The van der Waals surface area contributed by atoms with Crippen LogP contribution in [0.1, 0.15) is 5.56 Å². The molecule has 1 N–H and O–H groups in total. The second-order valence-electron chi connectivity index (χ2n) is 4.40. The van der Waals surface area contributed by atoms with Gasteiger partial charge in [-0.05, 0) is 42.3 Å². The van der Waals surface area contributed by atoms with Gasteiger partial charge in [0.05, 0.1) is 12.8 Å². The van der Waals surface area contributed by atoms with Gasteiger partial charge in [0.25, 0.3) is 0 Å². The Morgan fingerprint density at radius 1 is 1.33 bits per heavy atom. The number of carbonyl (C=O) groups excluding carboxylic acids is 1. The lowest BCUT2D eigenvalue weighted by Gasteiger charge is -2.16. The molecule has 0 heterocycles. The van der Waals surface area contributed by atoms with Gasteiger partial charge in [-0.2, -0.15) is 0 Å². The molecule has 21 heavy (non-hydrogen) atoms. The highest BCUT2D eigenvalue weighted by Crippen LogP contribution is 2.15. The summed E-state index contributed by atoms with van der Waals surface area (Å²) in [6.45, 7) is 0.530. The Labute approximate surface area is 130 Å². The number of hydrogen-bond donors (Lipinski definition) is 2. The summed E-state index contributed by atoms with van der Waals surface area (Å²) in [7, 11) is 1.64. The summed E-state index contributed by atoms with van der Waals surface area (Å²) in [5.41, 5.74) is 1.81. The number of nitrogens with one attached hydrogen (secondary N) is 1. The molecule has 0 aromatic heterocycles. The molecule has 4 nitrogen and oxygen atoms in total. The summed E-state index contributed by atoms with van der Waals surface area (Å²) in [5, 5.41) is 2.83. The van der Waals surface area contributed by atoms with Gasteiger partial charge in [0.2, 0.25) is 0 Å². The van der Waals surface area contributed by atoms with Gasteiger partial charge in [0, 0.05) is 6.54 Å². The van der Waals surface area contributed by atoms with E-state index in [2.05, 4.69) is 24.2 Å². The minimum Gasteiger partial charge on any atom is -0.497 e. The largest absolute Gasteiger partial charge is 0.497 e. The van der Waals surface area contributed by atoms with Crippen LogP contribution in [0.2, 0.25) is 0 Å². The predicted octanol–water partition coefficient (Wildman–Crippen LogP) is 3.10. The van der Waals surface area contributed by atoms with E-state index in [1.54, 1.807) is 31.4 Å². The molecule has 0 saturated heterocycles. The van der Waals surface area contributed by atoms with Crippen molar-refractivity contribution in [1.29, 1.82) is 0 Å². The maximum absolute atomic E-state index is 12.0. The molecule has 2 aromatic carbocycles. The third-order valence-corrected chi connectivity index (χ3v) is 3.37. The summed E-state index contributed by atoms with van der Waals surface area (Å²) in [5.74, 6) is 0.815. The van der Waals surface area contributed by atoms with Gasteiger partial charge >= 0.3 is 6.03 Å². The molecule has 0 aliphatic rings. The molecule has 109 valence electrons. The van der Waals surface area contributed by atoms with Crippen molar-refractivity contribution < 1.29 is 9.53 Å². The smallest absolute Gasteiger partial charge is 0.331 e. The summed E-state index contributed by atoms with van der Waals surface area (Å²) in [4.78, 5) is 12.0. The molecule has 0 aliphatic carbocycles. The number of amides is 2. The molecule has 0 saturated carbocycles. The number of hydrogen-bond acceptors (Lipinski definition) is 3. The Balaban J connectivity index is 1.84. The molecule has 2 aromatic rings. The lowest BCUT2D eigenvalue weighted by atomic mass is 10.1. The van der Waals surface area contributed by atoms with Crippen LogP contribution >= 0.6 is 12.8 Å². The maximum atomic E-state index is 12.0. The molecule has 0 spiro atoms. The van der Waals surface area contributed by atoms with Crippen molar-refractivity contribution in [2.75, 3.05) is 18.0 Å². The van der Waals surface area contributed by atoms with E-state index in [9.17, 15) is 4.79 Å². The second kappa shape index (κ2) is 7.59. The van der Waals surface area contributed by atoms with Crippen molar-refractivity contribution >= 4 is 24.5 Å². The van der Waals surface area contributed by atoms with Crippen LogP contribution in [0.5, 0.6) is 5.75 Å². The SMILES string of the molecule is COc1cccc(CCNC(=O)N(S)c2cc[c]cc2)c1. The zero-order valence-corrected chi connectivity index (χ0v) is 12.6. The molecule has 0 unspecified atom stereocenters. The Hall–Kier alpha value is -2.14. The van der Waals surface area contributed by atoms with Crippen LogP contribution in [-0.4, -0.2) is 19.7 Å². The van der Waals surface area contributed by atoms with Gasteiger partial charge in [-0.3, -0.25) is 0 Å². The summed E-state index contributed by atoms with van der Waals surface area (Å²) < 4.78 is 6.44. The van der Waals surface area contributed by atoms with Gasteiger partial charge in [-0.1, -0.05) is 37.1 Å². The lowest BCUT2D eigenvalue weighted by Crippen LogP contribution is -2.35. The van der Waals surface area contributed by atoms with Crippen molar-refractivity contribution in [2.45, 2.75) is 6.42 Å². The summed E-state index contributed by atoms with van der Waals surface area (Å²) in [6, 6.07) is 17.4. The van der Waals surface area contributed by atoms with Crippen LogP contribution in [0.4, 0.5) is 10.5 Å². The molecule has 0 atom stereocenters. The van der Waals surface area contributed by atoms with Gasteiger partial charge in [0.15, 0.2) is 0 Å². The van der Waals surface area contributed by atoms with E-state index < -0.39 is 0 Å². The first-order valence-corrected chi connectivity index (χ1v) is 6.96. The van der Waals surface area contributed by atoms with E-state index in [0.717, 1.165) is 17.7 Å². The number of benzene rings is 2. The van der Waals surface area contributed by atoms with Crippen LogP contribution in [0.25, 0.3) is 0 Å². The minimum absolute atomic E-state index is 0.257. The first kappa shape index (κ1) is 15.3. The third-order valence-electron chi connectivity index (χ3n) is 2.96. The van der Waals surface area contributed by atoms with Crippen LogP contribution in [0, 0.1) is 6.07 Å². The molecule has 0 aliphatic heterocycles. The second-order valence-corrected chi connectivity index (χ2v) is 4.80. The number of thiol groups is 1. The zero-order valence-electron chi connectivity index (χ0n) is 11.7.